The van der Waals surface area contributed by atoms with Gasteiger partial charge in [-0.2, -0.15) is 0 Å². The Labute approximate surface area is 122 Å². The minimum atomic E-state index is 0.0191. The Hall–Kier alpha value is -1.72. The molecule has 0 N–H and O–H groups in total. The first-order valence-corrected chi connectivity index (χ1v) is 7.34. The van der Waals surface area contributed by atoms with Gasteiger partial charge in [-0.25, -0.2) is 4.98 Å². The molecule has 2 rings (SSSR count). The number of rotatable bonds is 7. The van der Waals surface area contributed by atoms with E-state index in [-0.39, 0.29) is 6.10 Å². The molecule has 0 aliphatic carbocycles. The van der Waals surface area contributed by atoms with Crippen molar-refractivity contribution >= 4 is 17.6 Å². The SMILES string of the molecule is CCOC(C)c1nc(COc2ccc(C=O)cc2)cs1. The van der Waals surface area contributed by atoms with Crippen LogP contribution in [-0.2, 0) is 11.3 Å². The maximum atomic E-state index is 10.6. The summed E-state index contributed by atoms with van der Waals surface area (Å²) in [6.45, 7) is 5.05. The van der Waals surface area contributed by atoms with Gasteiger partial charge < -0.3 is 9.47 Å². The van der Waals surface area contributed by atoms with Crippen molar-refractivity contribution in [3.05, 3.63) is 45.9 Å². The van der Waals surface area contributed by atoms with Gasteiger partial charge in [-0.15, -0.1) is 11.3 Å². The lowest BCUT2D eigenvalue weighted by Crippen LogP contribution is -2.00. The minimum Gasteiger partial charge on any atom is -0.487 e. The van der Waals surface area contributed by atoms with Gasteiger partial charge in [0, 0.05) is 17.6 Å². The number of aldehydes is 1. The van der Waals surface area contributed by atoms with Crippen LogP contribution in [0.5, 0.6) is 5.75 Å². The maximum Gasteiger partial charge on any atom is 0.150 e. The van der Waals surface area contributed by atoms with Crippen molar-refractivity contribution in [2.75, 3.05) is 6.61 Å². The average molecular weight is 291 g/mol. The van der Waals surface area contributed by atoms with Crippen molar-refractivity contribution in [1.82, 2.24) is 4.98 Å². The molecule has 1 aromatic heterocycles. The number of carbonyl (C=O) groups excluding carboxylic acids is 1. The van der Waals surface area contributed by atoms with Gasteiger partial charge in [-0.1, -0.05) is 0 Å². The molecule has 1 aromatic carbocycles. The molecular formula is C15H17NO3S. The second kappa shape index (κ2) is 7.17. The fraction of sp³-hybridized carbons (Fsp3) is 0.333. The van der Waals surface area contributed by atoms with Crippen molar-refractivity contribution in [1.29, 1.82) is 0 Å². The quantitative estimate of drug-likeness (QED) is 0.731. The van der Waals surface area contributed by atoms with Gasteiger partial charge in [-0.3, -0.25) is 4.79 Å². The van der Waals surface area contributed by atoms with Crippen molar-refractivity contribution in [2.45, 2.75) is 26.6 Å². The molecular weight excluding hydrogens is 274 g/mol. The largest absolute Gasteiger partial charge is 0.487 e. The number of benzene rings is 1. The number of hydrogen-bond donors (Lipinski definition) is 0. The van der Waals surface area contributed by atoms with E-state index in [0.29, 0.717) is 18.8 Å². The van der Waals surface area contributed by atoms with Crippen LogP contribution in [0.2, 0.25) is 0 Å². The van der Waals surface area contributed by atoms with Crippen LogP contribution in [0.15, 0.2) is 29.6 Å². The molecule has 1 unspecified atom stereocenters. The highest BCUT2D eigenvalue weighted by Crippen LogP contribution is 2.22. The first-order chi connectivity index (χ1) is 9.72. The van der Waals surface area contributed by atoms with Crippen LogP contribution in [0.3, 0.4) is 0 Å². The summed E-state index contributed by atoms with van der Waals surface area (Å²) in [5, 5.41) is 2.94. The van der Waals surface area contributed by atoms with E-state index in [1.165, 1.54) is 0 Å². The van der Waals surface area contributed by atoms with E-state index >= 15 is 0 Å². The Morgan fingerprint density at radius 1 is 1.35 bits per heavy atom. The zero-order valence-electron chi connectivity index (χ0n) is 11.5. The zero-order chi connectivity index (χ0) is 14.4. The van der Waals surface area contributed by atoms with Crippen LogP contribution in [0.4, 0.5) is 0 Å². The van der Waals surface area contributed by atoms with Crippen LogP contribution >= 0.6 is 11.3 Å². The molecule has 0 aliphatic rings. The molecule has 0 radical (unpaired) electrons. The first-order valence-electron chi connectivity index (χ1n) is 6.47. The van der Waals surface area contributed by atoms with E-state index in [9.17, 15) is 4.79 Å². The third-order valence-corrected chi connectivity index (χ3v) is 3.79. The van der Waals surface area contributed by atoms with E-state index in [0.717, 1.165) is 22.7 Å². The van der Waals surface area contributed by atoms with Crippen molar-refractivity contribution in [2.24, 2.45) is 0 Å². The summed E-state index contributed by atoms with van der Waals surface area (Å²) in [6.07, 6.45) is 0.830. The second-order valence-electron chi connectivity index (χ2n) is 4.25. The first kappa shape index (κ1) is 14.7. The van der Waals surface area contributed by atoms with Crippen LogP contribution in [0.1, 0.15) is 41.0 Å². The summed E-state index contributed by atoms with van der Waals surface area (Å²) >= 11 is 1.58. The molecule has 0 saturated carbocycles. The summed E-state index contributed by atoms with van der Waals surface area (Å²) in [5.41, 5.74) is 1.52. The number of ether oxygens (including phenoxy) is 2. The lowest BCUT2D eigenvalue weighted by Gasteiger charge is -2.07. The summed E-state index contributed by atoms with van der Waals surface area (Å²) in [6, 6.07) is 7.01. The smallest absolute Gasteiger partial charge is 0.150 e. The van der Waals surface area contributed by atoms with Gasteiger partial charge in [0.2, 0.25) is 0 Å². The van der Waals surface area contributed by atoms with E-state index in [4.69, 9.17) is 9.47 Å². The van der Waals surface area contributed by atoms with Crippen LogP contribution < -0.4 is 4.74 Å². The van der Waals surface area contributed by atoms with E-state index in [1.807, 2.05) is 19.2 Å². The van der Waals surface area contributed by atoms with Gasteiger partial charge in [0.05, 0.1) is 5.69 Å². The van der Waals surface area contributed by atoms with E-state index < -0.39 is 0 Å². The van der Waals surface area contributed by atoms with Gasteiger partial charge >= 0.3 is 0 Å². The minimum absolute atomic E-state index is 0.0191. The molecule has 5 heteroatoms. The molecule has 2 aromatic rings. The number of nitrogens with zero attached hydrogens (tertiary/aromatic N) is 1. The number of aromatic nitrogens is 1. The molecule has 0 bridgehead atoms. The van der Waals surface area contributed by atoms with Gasteiger partial charge in [0.1, 0.15) is 29.8 Å². The molecule has 20 heavy (non-hydrogen) atoms. The molecule has 0 spiro atoms. The highest BCUT2D eigenvalue weighted by molar-refractivity contribution is 7.09. The summed E-state index contributed by atoms with van der Waals surface area (Å²) in [5.74, 6) is 0.725. The number of carbonyl (C=O) groups is 1. The fourth-order valence-corrected chi connectivity index (χ4v) is 2.50. The molecule has 1 heterocycles. The molecule has 0 saturated heterocycles. The molecule has 1 atom stereocenters. The summed E-state index contributed by atoms with van der Waals surface area (Å²) in [4.78, 5) is 15.0. The van der Waals surface area contributed by atoms with E-state index in [1.54, 1.807) is 35.6 Å². The predicted molar refractivity (Wildman–Crippen MR) is 78.3 cm³/mol. The topological polar surface area (TPSA) is 48.4 Å². The normalized spacial score (nSPS) is 12.1. The Balaban J connectivity index is 1.91. The molecule has 0 aliphatic heterocycles. The van der Waals surface area contributed by atoms with Gasteiger partial charge in [-0.05, 0) is 38.1 Å². The second-order valence-corrected chi connectivity index (χ2v) is 5.14. The van der Waals surface area contributed by atoms with Crippen LogP contribution in [-0.4, -0.2) is 17.9 Å². The standard InChI is InChI=1S/C15H17NO3S/c1-3-18-11(2)15-16-13(10-20-15)9-19-14-6-4-12(8-17)5-7-14/h4-8,10-11H,3,9H2,1-2H3. The summed E-state index contributed by atoms with van der Waals surface area (Å²) in [7, 11) is 0. The monoisotopic (exact) mass is 291 g/mol. The van der Waals surface area contributed by atoms with Crippen molar-refractivity contribution in [3.8, 4) is 5.75 Å². The average Bonchev–Trinajstić information content (AvgIpc) is 2.95. The highest BCUT2D eigenvalue weighted by atomic mass is 32.1. The zero-order valence-corrected chi connectivity index (χ0v) is 12.4. The van der Waals surface area contributed by atoms with E-state index in [2.05, 4.69) is 4.98 Å². The Morgan fingerprint density at radius 2 is 2.10 bits per heavy atom. The number of hydrogen-bond acceptors (Lipinski definition) is 5. The summed E-state index contributed by atoms with van der Waals surface area (Å²) < 4.78 is 11.1. The van der Waals surface area contributed by atoms with Crippen LogP contribution in [0, 0.1) is 0 Å². The number of thiazole rings is 1. The molecule has 0 fully saturated rings. The third-order valence-electron chi connectivity index (χ3n) is 2.74. The third kappa shape index (κ3) is 3.88. The Bertz CT molecular complexity index is 551. The van der Waals surface area contributed by atoms with Crippen LogP contribution in [0.25, 0.3) is 0 Å². The Morgan fingerprint density at radius 3 is 2.75 bits per heavy atom. The predicted octanol–water partition coefficient (Wildman–Crippen LogP) is 3.63. The van der Waals surface area contributed by atoms with Gasteiger partial charge in [0.15, 0.2) is 0 Å². The maximum absolute atomic E-state index is 10.6. The van der Waals surface area contributed by atoms with Gasteiger partial charge in [0.25, 0.3) is 0 Å². The molecule has 106 valence electrons. The van der Waals surface area contributed by atoms with Crippen molar-refractivity contribution < 1.29 is 14.3 Å². The Kier molecular flexibility index (Phi) is 5.26. The lowest BCUT2D eigenvalue weighted by molar-refractivity contribution is 0.0760. The van der Waals surface area contributed by atoms with Crippen molar-refractivity contribution in [3.63, 3.8) is 0 Å². The molecule has 4 nitrogen and oxygen atoms in total. The lowest BCUT2D eigenvalue weighted by atomic mass is 10.2. The molecule has 0 amide bonds. The highest BCUT2D eigenvalue weighted by Gasteiger charge is 2.10. The fourth-order valence-electron chi connectivity index (χ4n) is 1.70.